The monoisotopic (exact) mass is 351 g/mol. The maximum Gasteiger partial charge on any atom is 0.243 e. The molecule has 0 saturated heterocycles. The van der Waals surface area contributed by atoms with Crippen LogP contribution in [0.5, 0.6) is 0 Å². The molecule has 2 aromatic heterocycles. The molecule has 136 valence electrons. The third-order valence-electron chi connectivity index (χ3n) is 4.47. The van der Waals surface area contributed by atoms with Crippen LogP contribution in [-0.2, 0) is 17.9 Å². The molecule has 3 rings (SSSR count). The first-order valence-electron chi connectivity index (χ1n) is 8.91. The fourth-order valence-corrected chi connectivity index (χ4v) is 3.01. The quantitative estimate of drug-likeness (QED) is 0.711. The molecule has 0 bridgehead atoms. The van der Waals surface area contributed by atoms with Crippen LogP contribution in [0.3, 0.4) is 0 Å². The number of aromatic nitrogens is 4. The molecule has 1 atom stereocenters. The summed E-state index contributed by atoms with van der Waals surface area (Å²) in [6.07, 6.45) is 7.32. The molecule has 0 spiro atoms. The van der Waals surface area contributed by atoms with Crippen molar-refractivity contribution in [2.75, 3.05) is 0 Å². The summed E-state index contributed by atoms with van der Waals surface area (Å²) in [6.45, 7) is 7.24. The molecular formula is C20H25N5O. The number of carbonyl (C=O) groups is 1. The molecule has 26 heavy (non-hydrogen) atoms. The highest BCUT2D eigenvalue weighted by molar-refractivity contribution is 5.80. The van der Waals surface area contributed by atoms with Crippen LogP contribution in [0.15, 0.2) is 55.1 Å². The standard InChI is InChI=1S/C20H25N5O/c1-15(2)19-21-10-12-25(19)16(3)20(26)22-13-17-7-4-5-8-18(17)14-24-11-6-9-23-24/h4-12,15-16H,13-14H2,1-3H3,(H,22,26)/t16-/m1/s1. The molecule has 0 fully saturated rings. The van der Waals surface area contributed by atoms with Crippen molar-refractivity contribution < 1.29 is 4.79 Å². The van der Waals surface area contributed by atoms with Gasteiger partial charge in [-0.15, -0.1) is 0 Å². The first-order chi connectivity index (χ1) is 12.6. The topological polar surface area (TPSA) is 64.7 Å². The number of imidazole rings is 1. The van der Waals surface area contributed by atoms with Crippen molar-refractivity contribution in [1.29, 1.82) is 0 Å². The average Bonchev–Trinajstić information content (AvgIpc) is 3.31. The lowest BCUT2D eigenvalue weighted by Crippen LogP contribution is -2.31. The Bertz CT molecular complexity index is 851. The largest absolute Gasteiger partial charge is 0.350 e. The van der Waals surface area contributed by atoms with Gasteiger partial charge in [-0.2, -0.15) is 5.10 Å². The molecule has 0 saturated carbocycles. The third kappa shape index (κ3) is 4.02. The van der Waals surface area contributed by atoms with E-state index >= 15 is 0 Å². The van der Waals surface area contributed by atoms with Gasteiger partial charge in [0.1, 0.15) is 11.9 Å². The molecule has 6 nitrogen and oxygen atoms in total. The van der Waals surface area contributed by atoms with Crippen LogP contribution in [0, 0.1) is 0 Å². The summed E-state index contributed by atoms with van der Waals surface area (Å²) in [4.78, 5) is 17.0. The fraction of sp³-hybridized carbons (Fsp3) is 0.350. The van der Waals surface area contributed by atoms with E-state index in [9.17, 15) is 4.79 Å². The van der Waals surface area contributed by atoms with E-state index in [0.717, 1.165) is 17.0 Å². The van der Waals surface area contributed by atoms with Crippen LogP contribution in [0.1, 0.15) is 49.7 Å². The number of carbonyl (C=O) groups excluding carboxylic acids is 1. The van der Waals surface area contributed by atoms with Gasteiger partial charge < -0.3 is 9.88 Å². The number of nitrogens with one attached hydrogen (secondary N) is 1. The summed E-state index contributed by atoms with van der Waals surface area (Å²) < 4.78 is 3.82. The summed E-state index contributed by atoms with van der Waals surface area (Å²) in [5.41, 5.74) is 2.24. The minimum absolute atomic E-state index is 0.0150. The van der Waals surface area contributed by atoms with Gasteiger partial charge in [-0.25, -0.2) is 4.98 Å². The molecule has 0 radical (unpaired) electrons. The van der Waals surface area contributed by atoms with Crippen molar-refractivity contribution in [2.45, 2.75) is 45.8 Å². The minimum atomic E-state index is -0.298. The van der Waals surface area contributed by atoms with Gasteiger partial charge in [0.05, 0.1) is 6.54 Å². The van der Waals surface area contributed by atoms with Crippen molar-refractivity contribution in [1.82, 2.24) is 24.6 Å². The lowest BCUT2D eigenvalue weighted by atomic mass is 10.1. The van der Waals surface area contributed by atoms with Crippen molar-refractivity contribution in [3.8, 4) is 0 Å². The van der Waals surface area contributed by atoms with Gasteiger partial charge in [0.25, 0.3) is 0 Å². The van der Waals surface area contributed by atoms with Crippen molar-refractivity contribution in [3.05, 3.63) is 72.1 Å². The van der Waals surface area contributed by atoms with Crippen molar-refractivity contribution in [3.63, 3.8) is 0 Å². The highest BCUT2D eigenvalue weighted by Crippen LogP contribution is 2.17. The first kappa shape index (κ1) is 17.9. The molecule has 0 aliphatic rings. The number of hydrogen-bond donors (Lipinski definition) is 1. The Morgan fingerprint density at radius 3 is 2.54 bits per heavy atom. The molecule has 1 aromatic carbocycles. The molecular weight excluding hydrogens is 326 g/mol. The van der Waals surface area contributed by atoms with Gasteiger partial charge in [-0.05, 0) is 24.1 Å². The van der Waals surface area contributed by atoms with E-state index in [-0.39, 0.29) is 17.9 Å². The lowest BCUT2D eigenvalue weighted by molar-refractivity contribution is -0.124. The van der Waals surface area contributed by atoms with E-state index in [2.05, 4.69) is 35.3 Å². The highest BCUT2D eigenvalue weighted by Gasteiger charge is 2.19. The Morgan fingerprint density at radius 1 is 1.08 bits per heavy atom. The van der Waals surface area contributed by atoms with Crippen LogP contribution < -0.4 is 5.32 Å². The summed E-state index contributed by atoms with van der Waals surface area (Å²) in [6, 6.07) is 9.72. The van der Waals surface area contributed by atoms with Crippen molar-refractivity contribution in [2.24, 2.45) is 0 Å². The van der Waals surface area contributed by atoms with Crippen molar-refractivity contribution >= 4 is 5.91 Å². The second-order valence-electron chi connectivity index (χ2n) is 6.71. The second-order valence-corrected chi connectivity index (χ2v) is 6.71. The SMILES string of the molecule is CC(C)c1nccn1[C@H](C)C(=O)NCc1ccccc1Cn1cccn1. The maximum absolute atomic E-state index is 12.6. The summed E-state index contributed by atoms with van der Waals surface area (Å²) in [5, 5.41) is 7.31. The van der Waals surface area contributed by atoms with E-state index in [1.54, 1.807) is 12.4 Å². The molecule has 1 amide bonds. The normalized spacial score (nSPS) is 12.3. The van der Waals surface area contributed by atoms with E-state index in [1.165, 1.54) is 0 Å². The average molecular weight is 351 g/mol. The number of hydrogen-bond acceptors (Lipinski definition) is 3. The van der Waals surface area contributed by atoms with Gasteiger partial charge >= 0.3 is 0 Å². The zero-order valence-electron chi connectivity index (χ0n) is 15.5. The Hall–Kier alpha value is -2.89. The van der Waals surface area contributed by atoms with Gasteiger partial charge in [0, 0.05) is 37.3 Å². The number of amides is 1. The second kappa shape index (κ2) is 7.99. The summed E-state index contributed by atoms with van der Waals surface area (Å²) >= 11 is 0. The zero-order valence-corrected chi connectivity index (χ0v) is 15.5. The van der Waals surface area contributed by atoms with E-state index < -0.39 is 0 Å². The van der Waals surface area contributed by atoms with Gasteiger partial charge in [-0.1, -0.05) is 38.1 Å². The minimum Gasteiger partial charge on any atom is -0.350 e. The Labute approximate surface area is 153 Å². The molecule has 6 heteroatoms. The van der Waals surface area contributed by atoms with E-state index in [1.807, 2.05) is 52.8 Å². The van der Waals surface area contributed by atoms with Crippen LogP contribution >= 0.6 is 0 Å². The summed E-state index contributed by atoms with van der Waals surface area (Å²) in [5.74, 6) is 1.18. The van der Waals surface area contributed by atoms with Gasteiger partial charge in [0.2, 0.25) is 5.91 Å². The van der Waals surface area contributed by atoms with Crippen LogP contribution in [0.4, 0.5) is 0 Å². The molecule has 0 aliphatic heterocycles. The molecule has 0 aliphatic carbocycles. The van der Waals surface area contributed by atoms with Crippen LogP contribution in [-0.4, -0.2) is 25.2 Å². The van der Waals surface area contributed by atoms with E-state index in [0.29, 0.717) is 13.1 Å². The fourth-order valence-electron chi connectivity index (χ4n) is 3.01. The molecule has 2 heterocycles. The zero-order chi connectivity index (χ0) is 18.5. The van der Waals surface area contributed by atoms with Crippen LogP contribution in [0.25, 0.3) is 0 Å². The first-order valence-corrected chi connectivity index (χ1v) is 8.91. The van der Waals surface area contributed by atoms with E-state index in [4.69, 9.17) is 0 Å². The third-order valence-corrected chi connectivity index (χ3v) is 4.47. The predicted octanol–water partition coefficient (Wildman–Crippen LogP) is 3.13. The highest BCUT2D eigenvalue weighted by atomic mass is 16.2. The number of rotatable bonds is 7. The molecule has 3 aromatic rings. The number of benzene rings is 1. The van der Waals surface area contributed by atoms with Gasteiger partial charge in [-0.3, -0.25) is 9.48 Å². The summed E-state index contributed by atoms with van der Waals surface area (Å²) in [7, 11) is 0. The Kier molecular flexibility index (Phi) is 5.51. The van der Waals surface area contributed by atoms with Gasteiger partial charge in [0.15, 0.2) is 0 Å². The van der Waals surface area contributed by atoms with Crippen LogP contribution in [0.2, 0.25) is 0 Å². The number of nitrogens with zero attached hydrogens (tertiary/aromatic N) is 4. The maximum atomic E-state index is 12.6. The Balaban J connectivity index is 1.67. The molecule has 0 unspecified atom stereocenters. The lowest BCUT2D eigenvalue weighted by Gasteiger charge is -2.18. The Morgan fingerprint density at radius 2 is 1.85 bits per heavy atom. The molecule has 1 N–H and O–H groups in total. The smallest absolute Gasteiger partial charge is 0.243 e. The predicted molar refractivity (Wildman–Crippen MR) is 101 cm³/mol.